The summed E-state index contributed by atoms with van der Waals surface area (Å²) in [5.74, 6) is -0.239. The van der Waals surface area contributed by atoms with Crippen molar-refractivity contribution in [3.05, 3.63) is 0 Å². The van der Waals surface area contributed by atoms with Gasteiger partial charge in [0.25, 0.3) is 0 Å². The maximum atomic E-state index is 10.9. The average Bonchev–Trinajstić information content (AvgIpc) is 2.68. The molecule has 0 bridgehead atoms. The van der Waals surface area contributed by atoms with Gasteiger partial charge in [0, 0.05) is 25.2 Å². The molecule has 4 heteroatoms. The van der Waals surface area contributed by atoms with E-state index < -0.39 is 5.97 Å². The molecular weight excluding hydrogens is 196 g/mol. The molecule has 1 atom stereocenters. The minimum Gasteiger partial charge on any atom is -0.481 e. The molecule has 2 aliphatic heterocycles. The molecule has 2 fully saturated rings. The van der Waals surface area contributed by atoms with Crippen LogP contribution in [0.2, 0.25) is 0 Å². The smallest absolute Gasteiger partial charge is 0.304 e. The summed E-state index contributed by atoms with van der Waals surface area (Å²) in [6, 6.07) is 0. The van der Waals surface area contributed by atoms with E-state index in [1.165, 1.54) is 0 Å². The molecule has 4 nitrogen and oxygen atoms in total. The molecule has 0 aromatic carbocycles. The Labute approximate surface area is 89.6 Å². The summed E-state index contributed by atoms with van der Waals surface area (Å²) in [4.78, 5) is 10.9. The number of carboxylic acids is 1. The minimum atomic E-state index is -0.702. The molecule has 0 aliphatic carbocycles. The van der Waals surface area contributed by atoms with Gasteiger partial charge < -0.3 is 14.6 Å². The summed E-state index contributed by atoms with van der Waals surface area (Å²) in [7, 11) is 0. The Morgan fingerprint density at radius 1 is 1.27 bits per heavy atom. The van der Waals surface area contributed by atoms with Crippen molar-refractivity contribution in [2.24, 2.45) is 11.3 Å². The van der Waals surface area contributed by atoms with Gasteiger partial charge in [-0.15, -0.1) is 0 Å². The summed E-state index contributed by atoms with van der Waals surface area (Å²) >= 11 is 0. The summed E-state index contributed by atoms with van der Waals surface area (Å²) < 4.78 is 10.7. The highest BCUT2D eigenvalue weighted by Crippen LogP contribution is 2.44. The number of aliphatic carboxylic acids is 1. The predicted octanol–water partition coefficient (Wildman–Crippen LogP) is 1.29. The standard InChI is InChI=1S/C11H18O4/c12-10(13)7-11(3-6-15-8-11)9-1-4-14-5-2-9/h9H,1-8H2,(H,12,13). The van der Waals surface area contributed by atoms with Crippen LogP contribution < -0.4 is 0 Å². The van der Waals surface area contributed by atoms with E-state index in [0.717, 1.165) is 32.5 Å². The zero-order valence-corrected chi connectivity index (χ0v) is 8.91. The number of ether oxygens (including phenoxy) is 2. The van der Waals surface area contributed by atoms with Crippen LogP contribution in [0.3, 0.4) is 0 Å². The lowest BCUT2D eigenvalue weighted by atomic mass is 9.69. The van der Waals surface area contributed by atoms with Crippen molar-refractivity contribution in [2.75, 3.05) is 26.4 Å². The van der Waals surface area contributed by atoms with Gasteiger partial charge in [0.05, 0.1) is 13.0 Å². The molecule has 0 radical (unpaired) electrons. The molecule has 0 aromatic heterocycles. The molecular formula is C11H18O4. The van der Waals surface area contributed by atoms with E-state index >= 15 is 0 Å². The molecule has 2 heterocycles. The first-order valence-corrected chi connectivity index (χ1v) is 5.60. The van der Waals surface area contributed by atoms with Gasteiger partial charge >= 0.3 is 5.97 Å². The lowest BCUT2D eigenvalue weighted by molar-refractivity contribution is -0.141. The van der Waals surface area contributed by atoms with E-state index in [1.807, 2.05) is 0 Å². The molecule has 1 unspecified atom stereocenters. The van der Waals surface area contributed by atoms with Crippen LogP contribution in [0.15, 0.2) is 0 Å². The van der Waals surface area contributed by atoms with Gasteiger partial charge in [0.1, 0.15) is 0 Å². The van der Waals surface area contributed by atoms with Gasteiger partial charge in [-0.2, -0.15) is 0 Å². The van der Waals surface area contributed by atoms with Crippen LogP contribution in [-0.4, -0.2) is 37.5 Å². The van der Waals surface area contributed by atoms with Crippen molar-refractivity contribution in [3.8, 4) is 0 Å². The Bertz CT molecular complexity index is 227. The third-order valence-electron chi connectivity index (χ3n) is 3.72. The maximum Gasteiger partial charge on any atom is 0.304 e. The monoisotopic (exact) mass is 214 g/mol. The highest BCUT2D eigenvalue weighted by Gasteiger charge is 2.44. The largest absolute Gasteiger partial charge is 0.481 e. The SMILES string of the molecule is O=C(O)CC1(C2CCOCC2)CCOC1. The van der Waals surface area contributed by atoms with E-state index in [9.17, 15) is 4.79 Å². The summed E-state index contributed by atoms with van der Waals surface area (Å²) in [5.41, 5.74) is -0.115. The second-order valence-corrected chi connectivity index (χ2v) is 4.62. The lowest BCUT2D eigenvalue weighted by Gasteiger charge is -2.37. The van der Waals surface area contributed by atoms with E-state index in [4.69, 9.17) is 14.6 Å². The van der Waals surface area contributed by atoms with Crippen molar-refractivity contribution >= 4 is 5.97 Å². The predicted molar refractivity (Wildman–Crippen MR) is 53.7 cm³/mol. The average molecular weight is 214 g/mol. The van der Waals surface area contributed by atoms with Crippen molar-refractivity contribution in [1.82, 2.24) is 0 Å². The van der Waals surface area contributed by atoms with Gasteiger partial charge in [-0.3, -0.25) is 4.79 Å². The Balaban J connectivity index is 2.06. The van der Waals surface area contributed by atoms with E-state index in [2.05, 4.69) is 0 Å². The highest BCUT2D eigenvalue weighted by atomic mass is 16.5. The fraction of sp³-hybridized carbons (Fsp3) is 0.909. The van der Waals surface area contributed by atoms with Crippen molar-refractivity contribution in [1.29, 1.82) is 0 Å². The zero-order chi connectivity index (χ0) is 10.7. The lowest BCUT2D eigenvalue weighted by Crippen LogP contribution is -2.37. The Morgan fingerprint density at radius 2 is 2.00 bits per heavy atom. The van der Waals surface area contributed by atoms with Crippen molar-refractivity contribution in [3.63, 3.8) is 0 Å². The molecule has 2 rings (SSSR count). The van der Waals surface area contributed by atoms with Crippen LogP contribution >= 0.6 is 0 Å². The fourth-order valence-corrected chi connectivity index (χ4v) is 2.84. The van der Waals surface area contributed by atoms with E-state index in [-0.39, 0.29) is 11.8 Å². The Hall–Kier alpha value is -0.610. The maximum absolute atomic E-state index is 10.9. The molecule has 0 aromatic rings. The fourth-order valence-electron chi connectivity index (χ4n) is 2.84. The van der Waals surface area contributed by atoms with Gasteiger partial charge in [-0.05, 0) is 25.2 Å². The molecule has 86 valence electrons. The van der Waals surface area contributed by atoms with Gasteiger partial charge in [0.2, 0.25) is 0 Å². The van der Waals surface area contributed by atoms with E-state index in [0.29, 0.717) is 19.1 Å². The molecule has 2 saturated heterocycles. The van der Waals surface area contributed by atoms with Gasteiger partial charge in [-0.25, -0.2) is 0 Å². The van der Waals surface area contributed by atoms with Crippen molar-refractivity contribution in [2.45, 2.75) is 25.7 Å². The van der Waals surface area contributed by atoms with Gasteiger partial charge in [0.15, 0.2) is 0 Å². The first kappa shape index (κ1) is 10.9. The van der Waals surface area contributed by atoms with Gasteiger partial charge in [-0.1, -0.05) is 0 Å². The Morgan fingerprint density at radius 3 is 2.53 bits per heavy atom. The number of rotatable bonds is 3. The molecule has 15 heavy (non-hydrogen) atoms. The number of hydrogen-bond donors (Lipinski definition) is 1. The normalized spacial score (nSPS) is 33.1. The first-order chi connectivity index (χ1) is 7.23. The van der Waals surface area contributed by atoms with Crippen LogP contribution in [0.25, 0.3) is 0 Å². The second kappa shape index (κ2) is 4.49. The molecule has 2 aliphatic rings. The zero-order valence-electron chi connectivity index (χ0n) is 8.91. The summed E-state index contributed by atoms with van der Waals surface area (Å²) in [6.45, 7) is 2.87. The highest BCUT2D eigenvalue weighted by molar-refractivity contribution is 5.67. The van der Waals surface area contributed by atoms with Crippen LogP contribution in [0.5, 0.6) is 0 Å². The van der Waals surface area contributed by atoms with Crippen molar-refractivity contribution < 1.29 is 19.4 Å². The quantitative estimate of drug-likeness (QED) is 0.769. The van der Waals surface area contributed by atoms with E-state index in [1.54, 1.807) is 0 Å². The molecule has 0 saturated carbocycles. The Kier molecular flexibility index (Phi) is 3.26. The molecule has 0 spiro atoms. The van der Waals surface area contributed by atoms with Crippen LogP contribution in [-0.2, 0) is 14.3 Å². The molecule has 0 amide bonds. The number of carboxylic acid groups (broad SMARTS) is 1. The second-order valence-electron chi connectivity index (χ2n) is 4.62. The third-order valence-corrected chi connectivity index (χ3v) is 3.72. The van der Waals surface area contributed by atoms with Crippen LogP contribution in [0.4, 0.5) is 0 Å². The number of carbonyl (C=O) groups is 1. The third kappa shape index (κ3) is 2.32. The summed E-state index contributed by atoms with van der Waals surface area (Å²) in [5, 5.41) is 8.98. The van der Waals surface area contributed by atoms with Crippen LogP contribution in [0, 0.1) is 11.3 Å². The topological polar surface area (TPSA) is 55.8 Å². The minimum absolute atomic E-state index is 0.115. The first-order valence-electron chi connectivity index (χ1n) is 5.60. The number of hydrogen-bond acceptors (Lipinski definition) is 3. The van der Waals surface area contributed by atoms with Crippen LogP contribution in [0.1, 0.15) is 25.7 Å². The summed E-state index contributed by atoms with van der Waals surface area (Å²) in [6.07, 6.45) is 3.11. The molecule has 1 N–H and O–H groups in total.